The molecule has 1 aliphatic rings. The van der Waals surface area contributed by atoms with Crippen LogP contribution in [0.1, 0.15) is 33.9 Å². The molecule has 0 spiro atoms. The second-order valence-electron chi connectivity index (χ2n) is 12.8. The minimum Gasteiger partial charge on any atom is -0.288 e. The van der Waals surface area contributed by atoms with Crippen LogP contribution in [0.2, 0.25) is 5.02 Å². The number of benzene rings is 5. The Hall–Kier alpha value is -6.72. The number of carbonyl (C=O) groups is 2. The summed E-state index contributed by atoms with van der Waals surface area (Å²) in [7, 11) is 1.79. The van der Waals surface area contributed by atoms with Gasteiger partial charge in [-0.3, -0.25) is 24.3 Å². The van der Waals surface area contributed by atoms with Gasteiger partial charge in [0.1, 0.15) is 16.9 Å². The zero-order valence-corrected chi connectivity index (χ0v) is 29.1. The Labute approximate surface area is 308 Å². The van der Waals surface area contributed by atoms with Gasteiger partial charge in [-0.1, -0.05) is 121 Å². The third-order valence-corrected chi connectivity index (χ3v) is 10.1. The molecule has 0 atom stereocenters. The second kappa shape index (κ2) is 12.8. The van der Waals surface area contributed by atoms with E-state index in [1.54, 1.807) is 23.9 Å². The minimum absolute atomic E-state index is 0.153. The van der Waals surface area contributed by atoms with E-state index in [2.05, 4.69) is 62.3 Å². The number of nitrogens with one attached hydrogen (secondary N) is 1. The molecule has 11 nitrogen and oxygen atoms in total. The molecule has 12 heteroatoms. The summed E-state index contributed by atoms with van der Waals surface area (Å²) in [4.78, 5) is 27.1. The topological polar surface area (TPSA) is 125 Å². The molecule has 0 saturated heterocycles. The van der Waals surface area contributed by atoms with Crippen molar-refractivity contribution in [2.24, 2.45) is 7.05 Å². The quantitative estimate of drug-likeness (QED) is 0.139. The van der Waals surface area contributed by atoms with E-state index in [0.717, 1.165) is 33.1 Å². The molecule has 5 aromatic carbocycles. The van der Waals surface area contributed by atoms with E-state index in [0.29, 0.717) is 40.6 Å². The third-order valence-electron chi connectivity index (χ3n) is 9.85. The highest BCUT2D eigenvalue weighted by Crippen LogP contribution is 2.41. The summed E-state index contributed by atoms with van der Waals surface area (Å²) in [6, 6.07) is 43.7. The number of rotatable bonds is 9. The molecule has 3 aromatic heterocycles. The van der Waals surface area contributed by atoms with Gasteiger partial charge in [-0.05, 0) is 51.4 Å². The standard InChI is InChI=1S/C41H30ClN9O2/c1-49-32-22-21-29(42)25-31(32)38(45-49)36-35(39(52)43-40(36)53)37-30-19-11-12-20-33(30)50(46-37)24-23-34-44-47-48-51(34)41(26-13-5-2-6-14-26,27-15-7-3-8-16-27)28-17-9-4-10-18-28/h2-22,25H,23-24H2,1H3,(H,43,52,53). The van der Waals surface area contributed by atoms with Crippen molar-refractivity contribution < 1.29 is 9.59 Å². The van der Waals surface area contributed by atoms with Crippen molar-refractivity contribution in [1.82, 2.24) is 45.1 Å². The summed E-state index contributed by atoms with van der Waals surface area (Å²) in [6.45, 7) is 0.371. The van der Waals surface area contributed by atoms with E-state index in [4.69, 9.17) is 16.7 Å². The number of aryl methyl sites for hydroxylation is 3. The molecule has 0 fully saturated rings. The Morgan fingerprint density at radius 3 is 1.85 bits per heavy atom. The number of nitrogens with zero attached hydrogens (tertiary/aromatic N) is 8. The molecule has 0 unspecified atom stereocenters. The van der Waals surface area contributed by atoms with E-state index in [1.807, 2.05) is 94.3 Å². The Bertz CT molecular complexity index is 2620. The fourth-order valence-electron chi connectivity index (χ4n) is 7.55. The number of fused-ring (bicyclic) bond motifs is 2. The normalized spacial score (nSPS) is 13.4. The van der Waals surface area contributed by atoms with Crippen molar-refractivity contribution in [1.29, 1.82) is 0 Å². The van der Waals surface area contributed by atoms with Gasteiger partial charge >= 0.3 is 0 Å². The van der Waals surface area contributed by atoms with Crippen molar-refractivity contribution in [2.75, 3.05) is 0 Å². The Kier molecular flexibility index (Phi) is 7.78. The number of hydrogen-bond donors (Lipinski definition) is 1. The van der Waals surface area contributed by atoms with Gasteiger partial charge < -0.3 is 0 Å². The van der Waals surface area contributed by atoms with Crippen LogP contribution in [0.15, 0.2) is 133 Å². The maximum absolute atomic E-state index is 13.6. The molecular weight excluding hydrogens is 686 g/mol. The van der Waals surface area contributed by atoms with Crippen LogP contribution in [-0.4, -0.2) is 51.6 Å². The van der Waals surface area contributed by atoms with Gasteiger partial charge in [-0.15, -0.1) is 5.10 Å². The van der Waals surface area contributed by atoms with Crippen molar-refractivity contribution in [3.63, 3.8) is 0 Å². The lowest BCUT2D eigenvalue weighted by molar-refractivity contribution is -0.122. The summed E-state index contributed by atoms with van der Waals surface area (Å²) < 4.78 is 5.41. The maximum atomic E-state index is 13.6. The number of tetrazole rings is 1. The molecule has 4 heterocycles. The predicted molar refractivity (Wildman–Crippen MR) is 202 cm³/mol. The molecule has 1 N–H and O–H groups in total. The van der Waals surface area contributed by atoms with Gasteiger partial charge in [0.15, 0.2) is 5.82 Å². The molecule has 8 aromatic rings. The maximum Gasteiger partial charge on any atom is 0.261 e. The lowest BCUT2D eigenvalue weighted by Crippen LogP contribution is -2.40. The van der Waals surface area contributed by atoms with E-state index in [-0.39, 0.29) is 11.1 Å². The van der Waals surface area contributed by atoms with Gasteiger partial charge in [0, 0.05) is 35.8 Å². The average molecular weight is 716 g/mol. The zero-order chi connectivity index (χ0) is 36.1. The van der Waals surface area contributed by atoms with Crippen LogP contribution in [0.5, 0.6) is 0 Å². The summed E-state index contributed by atoms with van der Waals surface area (Å²) in [5, 5.41) is 27.5. The minimum atomic E-state index is -0.893. The SMILES string of the molecule is Cn1nc(C2=C(c3nn(CCc4nnnn4C(c4ccccc4)(c4ccccc4)c4ccccc4)c4ccccc34)C(=O)NC2=O)c2cc(Cl)ccc21. The monoisotopic (exact) mass is 715 g/mol. The van der Waals surface area contributed by atoms with Crippen LogP contribution < -0.4 is 5.32 Å². The van der Waals surface area contributed by atoms with Crippen molar-refractivity contribution in [3.8, 4) is 0 Å². The highest BCUT2D eigenvalue weighted by atomic mass is 35.5. The lowest BCUT2D eigenvalue weighted by atomic mass is 9.77. The first-order valence-corrected chi connectivity index (χ1v) is 17.5. The smallest absolute Gasteiger partial charge is 0.261 e. The third kappa shape index (κ3) is 5.15. The van der Waals surface area contributed by atoms with Crippen LogP contribution >= 0.6 is 11.6 Å². The highest BCUT2D eigenvalue weighted by Gasteiger charge is 2.42. The average Bonchev–Trinajstić information content (AvgIpc) is 3.95. The van der Waals surface area contributed by atoms with Crippen molar-refractivity contribution in [2.45, 2.75) is 18.5 Å². The lowest BCUT2D eigenvalue weighted by Gasteiger charge is -2.36. The molecule has 1 aliphatic heterocycles. The number of aromatic nitrogens is 8. The van der Waals surface area contributed by atoms with Crippen LogP contribution in [0.3, 0.4) is 0 Å². The molecule has 9 rings (SSSR count). The number of carbonyl (C=O) groups excluding carboxylic acids is 2. The van der Waals surface area contributed by atoms with Gasteiger partial charge in [0.25, 0.3) is 11.8 Å². The first kappa shape index (κ1) is 32.2. The van der Waals surface area contributed by atoms with E-state index < -0.39 is 17.4 Å². The fraction of sp³-hybridized carbons (Fsp3) is 0.0976. The molecule has 2 amide bonds. The second-order valence-corrected chi connectivity index (χ2v) is 13.3. The molecule has 0 radical (unpaired) electrons. The summed E-state index contributed by atoms with van der Waals surface area (Å²) in [5.74, 6) is -0.446. The van der Waals surface area contributed by atoms with E-state index >= 15 is 0 Å². The molecule has 53 heavy (non-hydrogen) atoms. The van der Waals surface area contributed by atoms with Crippen LogP contribution in [-0.2, 0) is 35.1 Å². The summed E-state index contributed by atoms with van der Waals surface area (Å²) in [6.07, 6.45) is 0.396. The van der Waals surface area contributed by atoms with Crippen molar-refractivity contribution >= 4 is 56.4 Å². The fourth-order valence-corrected chi connectivity index (χ4v) is 7.72. The Balaban J connectivity index is 1.17. The van der Waals surface area contributed by atoms with Crippen LogP contribution in [0.4, 0.5) is 0 Å². The van der Waals surface area contributed by atoms with Gasteiger partial charge in [-0.25, -0.2) is 4.68 Å². The first-order valence-electron chi connectivity index (χ1n) is 17.1. The number of imide groups is 1. The number of hydrogen-bond acceptors (Lipinski definition) is 7. The Morgan fingerprint density at radius 1 is 0.660 bits per heavy atom. The molecule has 0 aliphatic carbocycles. The largest absolute Gasteiger partial charge is 0.288 e. The number of amides is 2. The number of halogens is 1. The van der Waals surface area contributed by atoms with Crippen LogP contribution in [0, 0.1) is 0 Å². The predicted octanol–water partition coefficient (Wildman–Crippen LogP) is 6.21. The van der Waals surface area contributed by atoms with Gasteiger partial charge in [0.2, 0.25) is 0 Å². The zero-order valence-electron chi connectivity index (χ0n) is 28.4. The molecule has 0 saturated carbocycles. The van der Waals surface area contributed by atoms with Crippen LogP contribution in [0.25, 0.3) is 33.0 Å². The molecular formula is C41H30ClN9O2. The van der Waals surface area contributed by atoms with E-state index in [1.165, 1.54) is 0 Å². The van der Waals surface area contributed by atoms with E-state index in [9.17, 15) is 9.59 Å². The van der Waals surface area contributed by atoms with Crippen molar-refractivity contribution in [3.05, 3.63) is 172 Å². The summed E-state index contributed by atoms with van der Waals surface area (Å²) >= 11 is 6.38. The molecule has 0 bridgehead atoms. The highest BCUT2D eigenvalue weighted by molar-refractivity contribution is 6.50. The van der Waals surface area contributed by atoms with Gasteiger partial charge in [-0.2, -0.15) is 10.2 Å². The Morgan fingerprint density at radius 2 is 1.23 bits per heavy atom. The number of para-hydroxylation sites is 1. The summed E-state index contributed by atoms with van der Waals surface area (Å²) in [5.41, 5.74) is 4.71. The van der Waals surface area contributed by atoms with Gasteiger partial charge in [0.05, 0.1) is 22.2 Å². The first-order chi connectivity index (χ1) is 25.9. The molecule has 258 valence electrons.